The first-order chi connectivity index (χ1) is 12.5. The number of benzene rings is 1. The van der Waals surface area contributed by atoms with Crippen molar-refractivity contribution in [2.75, 3.05) is 26.2 Å². The van der Waals surface area contributed by atoms with E-state index in [4.69, 9.17) is 5.11 Å². The fourth-order valence-electron chi connectivity index (χ4n) is 3.75. The number of rotatable bonds is 3. The van der Waals surface area contributed by atoms with Gasteiger partial charge in [0.2, 0.25) is 5.91 Å². The molecule has 1 saturated carbocycles. The van der Waals surface area contributed by atoms with Crippen LogP contribution in [0.1, 0.15) is 36.0 Å². The highest BCUT2D eigenvalue weighted by atomic mass is 19.1. The highest BCUT2D eigenvalue weighted by Gasteiger charge is 2.33. The monoisotopic (exact) mass is 362 g/mol. The van der Waals surface area contributed by atoms with Gasteiger partial charge in [0.15, 0.2) is 0 Å². The van der Waals surface area contributed by atoms with Crippen molar-refractivity contribution in [1.82, 2.24) is 9.80 Å². The molecule has 1 aromatic carbocycles. The van der Waals surface area contributed by atoms with E-state index in [0.29, 0.717) is 57.4 Å². The summed E-state index contributed by atoms with van der Waals surface area (Å²) in [7, 11) is 0. The summed E-state index contributed by atoms with van der Waals surface area (Å²) in [6.45, 7) is 1.86. The van der Waals surface area contributed by atoms with E-state index < -0.39 is 5.97 Å². The molecule has 1 saturated heterocycles. The van der Waals surface area contributed by atoms with Gasteiger partial charge >= 0.3 is 5.97 Å². The summed E-state index contributed by atoms with van der Waals surface area (Å²) in [5.41, 5.74) is 0.443. The molecule has 3 rings (SSSR count). The third-order valence-corrected chi connectivity index (χ3v) is 5.40. The third kappa shape index (κ3) is 4.03. The minimum atomic E-state index is -0.774. The molecule has 0 aromatic heterocycles. The van der Waals surface area contributed by atoms with Gasteiger partial charge in [-0.3, -0.25) is 14.4 Å². The topological polar surface area (TPSA) is 77.9 Å². The molecule has 2 amide bonds. The van der Waals surface area contributed by atoms with E-state index in [1.54, 1.807) is 9.80 Å². The zero-order valence-corrected chi connectivity index (χ0v) is 14.6. The maximum atomic E-state index is 13.0. The molecular weight excluding hydrogens is 339 g/mol. The van der Waals surface area contributed by atoms with E-state index in [9.17, 15) is 18.8 Å². The fourth-order valence-corrected chi connectivity index (χ4v) is 3.75. The number of aliphatic carboxylic acids is 1. The SMILES string of the molecule is O=C(O)C1CCC(C(=O)N2CCN(C(=O)c3ccc(F)cc3)CC2)CC1. The molecule has 0 atom stereocenters. The van der Waals surface area contributed by atoms with Crippen molar-refractivity contribution >= 4 is 17.8 Å². The van der Waals surface area contributed by atoms with Crippen LogP contribution in [0.5, 0.6) is 0 Å². The molecule has 2 aliphatic rings. The van der Waals surface area contributed by atoms with E-state index in [1.807, 2.05) is 0 Å². The normalized spacial score (nSPS) is 23.6. The minimum absolute atomic E-state index is 0.0720. The number of hydrogen-bond acceptors (Lipinski definition) is 3. The standard InChI is InChI=1S/C19H23FN2O4/c20-16-7-5-14(6-8-16)18(24)22-11-9-21(10-12-22)17(23)13-1-3-15(4-2-13)19(25)26/h5-8,13,15H,1-4,9-12H2,(H,25,26). The van der Waals surface area contributed by atoms with Gasteiger partial charge in [-0.15, -0.1) is 0 Å². The number of carbonyl (C=O) groups excluding carboxylic acids is 2. The average Bonchev–Trinajstić information content (AvgIpc) is 2.67. The number of carbonyl (C=O) groups is 3. The Bertz CT molecular complexity index is 675. The second-order valence-electron chi connectivity index (χ2n) is 7.01. The summed E-state index contributed by atoms with van der Waals surface area (Å²) in [5, 5.41) is 9.05. The lowest BCUT2D eigenvalue weighted by Crippen LogP contribution is -2.52. The summed E-state index contributed by atoms with van der Waals surface area (Å²) >= 11 is 0. The van der Waals surface area contributed by atoms with Crippen molar-refractivity contribution in [2.24, 2.45) is 11.8 Å². The predicted molar refractivity (Wildman–Crippen MR) is 92.0 cm³/mol. The molecule has 140 valence electrons. The average molecular weight is 362 g/mol. The van der Waals surface area contributed by atoms with E-state index in [1.165, 1.54) is 24.3 Å². The van der Waals surface area contributed by atoms with Crippen molar-refractivity contribution < 1.29 is 23.9 Å². The van der Waals surface area contributed by atoms with E-state index in [-0.39, 0.29) is 29.5 Å². The molecule has 6 nitrogen and oxygen atoms in total. The number of hydrogen-bond donors (Lipinski definition) is 1. The highest BCUT2D eigenvalue weighted by Crippen LogP contribution is 2.30. The molecule has 1 aliphatic carbocycles. The van der Waals surface area contributed by atoms with Crippen LogP contribution in [0.25, 0.3) is 0 Å². The van der Waals surface area contributed by atoms with E-state index in [2.05, 4.69) is 0 Å². The van der Waals surface area contributed by atoms with E-state index >= 15 is 0 Å². The summed E-state index contributed by atoms with van der Waals surface area (Å²) < 4.78 is 13.0. The van der Waals surface area contributed by atoms with Gasteiger partial charge in [0, 0.05) is 37.7 Å². The fraction of sp³-hybridized carbons (Fsp3) is 0.526. The summed E-state index contributed by atoms with van der Waals surface area (Å²) in [6, 6.07) is 5.47. The molecule has 0 spiro atoms. The lowest BCUT2D eigenvalue weighted by Gasteiger charge is -2.37. The quantitative estimate of drug-likeness (QED) is 0.892. The molecule has 0 radical (unpaired) electrons. The van der Waals surface area contributed by atoms with Crippen LogP contribution in [0.15, 0.2) is 24.3 Å². The summed E-state index contributed by atoms with van der Waals surface area (Å²) in [4.78, 5) is 39.6. The Hall–Kier alpha value is -2.44. The van der Waals surface area contributed by atoms with Gasteiger partial charge in [0.1, 0.15) is 5.82 Å². The highest BCUT2D eigenvalue weighted by molar-refractivity contribution is 5.94. The van der Waals surface area contributed by atoms with Crippen LogP contribution in [0.2, 0.25) is 0 Å². The molecule has 0 bridgehead atoms. The Balaban J connectivity index is 1.50. The van der Waals surface area contributed by atoms with Crippen molar-refractivity contribution in [1.29, 1.82) is 0 Å². The zero-order valence-electron chi connectivity index (χ0n) is 14.6. The van der Waals surface area contributed by atoms with Gasteiger partial charge in [-0.1, -0.05) is 0 Å². The third-order valence-electron chi connectivity index (χ3n) is 5.40. The lowest BCUT2D eigenvalue weighted by atomic mass is 9.81. The van der Waals surface area contributed by atoms with E-state index in [0.717, 1.165) is 0 Å². The second kappa shape index (κ2) is 7.85. The Morgan fingerprint density at radius 2 is 1.35 bits per heavy atom. The molecule has 1 N–H and O–H groups in total. The molecule has 2 fully saturated rings. The van der Waals surface area contributed by atoms with Crippen molar-refractivity contribution in [3.63, 3.8) is 0 Å². The zero-order chi connectivity index (χ0) is 18.7. The van der Waals surface area contributed by atoms with Gasteiger partial charge in [-0.2, -0.15) is 0 Å². The Labute approximate surface area is 151 Å². The number of amides is 2. The minimum Gasteiger partial charge on any atom is -0.481 e. The molecule has 1 aliphatic heterocycles. The molecular formula is C19H23FN2O4. The first-order valence-electron chi connectivity index (χ1n) is 9.02. The molecule has 7 heteroatoms. The van der Waals surface area contributed by atoms with Crippen molar-refractivity contribution in [2.45, 2.75) is 25.7 Å². The smallest absolute Gasteiger partial charge is 0.306 e. The van der Waals surface area contributed by atoms with Crippen molar-refractivity contribution in [3.8, 4) is 0 Å². The number of piperazine rings is 1. The Morgan fingerprint density at radius 3 is 1.88 bits per heavy atom. The van der Waals surface area contributed by atoms with Crippen LogP contribution in [-0.2, 0) is 9.59 Å². The van der Waals surface area contributed by atoms with Crippen LogP contribution in [0, 0.1) is 17.7 Å². The van der Waals surface area contributed by atoms with Gasteiger partial charge < -0.3 is 14.9 Å². The first-order valence-corrected chi connectivity index (χ1v) is 9.02. The number of carboxylic acids is 1. The van der Waals surface area contributed by atoms with Crippen LogP contribution >= 0.6 is 0 Å². The first kappa shape index (κ1) is 18.4. The number of halogens is 1. The second-order valence-corrected chi connectivity index (χ2v) is 7.01. The molecule has 1 heterocycles. The van der Waals surface area contributed by atoms with Crippen LogP contribution in [-0.4, -0.2) is 58.9 Å². The summed E-state index contributed by atoms with van der Waals surface area (Å²) in [5.74, 6) is -1.67. The molecule has 26 heavy (non-hydrogen) atoms. The van der Waals surface area contributed by atoms with Gasteiger partial charge in [0.25, 0.3) is 5.91 Å². The molecule has 1 aromatic rings. The van der Waals surface area contributed by atoms with Crippen LogP contribution in [0.3, 0.4) is 0 Å². The maximum absolute atomic E-state index is 13.0. The maximum Gasteiger partial charge on any atom is 0.306 e. The van der Waals surface area contributed by atoms with Gasteiger partial charge in [-0.25, -0.2) is 4.39 Å². The number of carboxylic acid groups (broad SMARTS) is 1. The largest absolute Gasteiger partial charge is 0.481 e. The Morgan fingerprint density at radius 1 is 0.846 bits per heavy atom. The van der Waals surface area contributed by atoms with Crippen LogP contribution < -0.4 is 0 Å². The number of nitrogens with zero attached hydrogens (tertiary/aromatic N) is 2. The summed E-state index contributed by atoms with van der Waals surface area (Å²) in [6.07, 6.45) is 2.33. The predicted octanol–water partition coefficient (Wildman–Crippen LogP) is 2.00. The van der Waals surface area contributed by atoms with Crippen LogP contribution in [0.4, 0.5) is 4.39 Å². The lowest BCUT2D eigenvalue weighted by molar-refractivity contribution is -0.146. The Kier molecular flexibility index (Phi) is 5.54. The van der Waals surface area contributed by atoms with Gasteiger partial charge in [0.05, 0.1) is 5.92 Å². The van der Waals surface area contributed by atoms with Gasteiger partial charge in [-0.05, 0) is 49.9 Å². The molecule has 0 unspecified atom stereocenters. The van der Waals surface area contributed by atoms with Crippen molar-refractivity contribution in [3.05, 3.63) is 35.6 Å².